The average Bonchev–Trinajstić information content (AvgIpc) is 3.00. The second-order valence-corrected chi connectivity index (χ2v) is 8.70. The van der Waals surface area contributed by atoms with Gasteiger partial charge in [0.1, 0.15) is 19.0 Å². The maximum Gasteiger partial charge on any atom is 0.302 e. The number of carbonyl (C=O) groups excluding carboxylic acids is 1. The molecular formula is C32H32O7. The number of hydrogen-bond donors (Lipinski definition) is 0. The van der Waals surface area contributed by atoms with Gasteiger partial charge in [0.05, 0.1) is 6.61 Å². The molecule has 0 fully saturated rings. The van der Waals surface area contributed by atoms with Crippen molar-refractivity contribution in [3.63, 3.8) is 0 Å². The Morgan fingerprint density at radius 1 is 0.667 bits per heavy atom. The summed E-state index contributed by atoms with van der Waals surface area (Å²) in [5, 5.41) is 0. The van der Waals surface area contributed by atoms with E-state index in [0.717, 1.165) is 17.5 Å². The summed E-state index contributed by atoms with van der Waals surface area (Å²) in [6, 6.07) is 32.7. The highest BCUT2D eigenvalue weighted by atomic mass is 17.2. The standard InChI is InChI=1S/C32H32O7/c1-3-22-35-36-23-25-16-20-30(21-17-25)39-37-24-26-14-18-29(19-15-26)38-32(34-2,28-12-8-5-9-13-28)31(33)27-10-6-4-7-11-27/h4-21H,3,22-24H2,1-2H3. The van der Waals surface area contributed by atoms with Gasteiger partial charge in [0, 0.05) is 18.2 Å². The van der Waals surface area contributed by atoms with Gasteiger partial charge in [-0.05, 0) is 41.8 Å². The first-order valence-corrected chi connectivity index (χ1v) is 12.8. The Balaban J connectivity index is 1.38. The monoisotopic (exact) mass is 528 g/mol. The molecular weight excluding hydrogens is 496 g/mol. The zero-order valence-corrected chi connectivity index (χ0v) is 22.1. The van der Waals surface area contributed by atoms with Crippen molar-refractivity contribution in [2.75, 3.05) is 13.7 Å². The van der Waals surface area contributed by atoms with Gasteiger partial charge in [-0.25, -0.2) is 9.78 Å². The van der Waals surface area contributed by atoms with E-state index in [-0.39, 0.29) is 12.4 Å². The number of hydrogen-bond acceptors (Lipinski definition) is 7. The highest BCUT2D eigenvalue weighted by molar-refractivity contribution is 6.02. The number of rotatable bonds is 15. The van der Waals surface area contributed by atoms with Gasteiger partial charge in [-0.2, -0.15) is 4.89 Å². The van der Waals surface area contributed by atoms with Crippen molar-refractivity contribution in [2.45, 2.75) is 32.3 Å². The van der Waals surface area contributed by atoms with Gasteiger partial charge < -0.3 is 14.4 Å². The summed E-state index contributed by atoms with van der Waals surface area (Å²) >= 11 is 0. The first kappa shape index (κ1) is 28.0. The van der Waals surface area contributed by atoms with Gasteiger partial charge in [0.2, 0.25) is 5.78 Å². The van der Waals surface area contributed by atoms with Crippen molar-refractivity contribution >= 4 is 5.78 Å². The number of ketones is 1. The van der Waals surface area contributed by atoms with Crippen molar-refractivity contribution in [2.24, 2.45) is 0 Å². The van der Waals surface area contributed by atoms with E-state index in [4.69, 9.17) is 29.0 Å². The molecule has 7 nitrogen and oxygen atoms in total. The maximum atomic E-state index is 13.6. The zero-order chi connectivity index (χ0) is 27.3. The first-order chi connectivity index (χ1) is 19.1. The normalized spacial score (nSPS) is 12.5. The van der Waals surface area contributed by atoms with Crippen LogP contribution in [-0.4, -0.2) is 19.5 Å². The predicted molar refractivity (Wildman–Crippen MR) is 146 cm³/mol. The Kier molecular flexibility index (Phi) is 10.2. The molecule has 4 aromatic carbocycles. The minimum absolute atomic E-state index is 0.215. The molecule has 1 atom stereocenters. The van der Waals surface area contributed by atoms with E-state index in [9.17, 15) is 4.79 Å². The molecule has 4 aromatic rings. The maximum absolute atomic E-state index is 13.6. The Morgan fingerprint density at radius 2 is 1.23 bits per heavy atom. The number of carbonyl (C=O) groups is 1. The Bertz CT molecular complexity index is 1280. The predicted octanol–water partition coefficient (Wildman–Crippen LogP) is 6.82. The summed E-state index contributed by atoms with van der Waals surface area (Å²) in [6.45, 7) is 3.16. The molecule has 39 heavy (non-hydrogen) atoms. The Hall–Kier alpha value is -4.01. The lowest BCUT2D eigenvalue weighted by atomic mass is 9.95. The van der Waals surface area contributed by atoms with Crippen molar-refractivity contribution in [3.8, 4) is 11.5 Å². The second kappa shape index (κ2) is 14.2. The van der Waals surface area contributed by atoms with Crippen LogP contribution >= 0.6 is 0 Å². The molecule has 7 heteroatoms. The van der Waals surface area contributed by atoms with Crippen molar-refractivity contribution in [1.29, 1.82) is 0 Å². The molecule has 0 radical (unpaired) electrons. The SMILES string of the molecule is CCCOOCc1ccc(OOCc2ccc(OC(OC)(C(=O)c3ccccc3)c3ccccc3)cc2)cc1. The van der Waals surface area contributed by atoms with Crippen LogP contribution in [-0.2, 0) is 38.4 Å². The van der Waals surface area contributed by atoms with Crippen LogP contribution in [0.15, 0.2) is 109 Å². The van der Waals surface area contributed by atoms with E-state index in [1.165, 1.54) is 7.11 Å². The molecule has 0 aliphatic carbocycles. The topological polar surface area (TPSA) is 72.5 Å². The fourth-order valence-electron chi connectivity index (χ4n) is 3.80. The molecule has 0 N–H and O–H groups in total. The number of benzene rings is 4. The summed E-state index contributed by atoms with van der Waals surface area (Å²) in [7, 11) is 1.47. The van der Waals surface area contributed by atoms with Crippen LogP contribution in [0.3, 0.4) is 0 Å². The van der Waals surface area contributed by atoms with Crippen LogP contribution in [0.25, 0.3) is 0 Å². The summed E-state index contributed by atoms with van der Waals surface area (Å²) in [5.74, 6) is -0.914. The van der Waals surface area contributed by atoms with E-state index in [1.807, 2.05) is 79.7 Å². The van der Waals surface area contributed by atoms with Gasteiger partial charge in [0.25, 0.3) is 0 Å². The van der Waals surface area contributed by atoms with Gasteiger partial charge in [-0.15, -0.1) is 0 Å². The van der Waals surface area contributed by atoms with E-state index in [1.54, 1.807) is 36.4 Å². The molecule has 0 bridgehead atoms. The second-order valence-electron chi connectivity index (χ2n) is 8.70. The average molecular weight is 529 g/mol. The van der Waals surface area contributed by atoms with Crippen LogP contribution in [0.1, 0.15) is 40.4 Å². The van der Waals surface area contributed by atoms with E-state index >= 15 is 0 Å². The molecule has 0 spiro atoms. The van der Waals surface area contributed by atoms with Gasteiger partial charge in [-0.1, -0.05) is 91.9 Å². The summed E-state index contributed by atoms with van der Waals surface area (Å²) in [4.78, 5) is 34.6. The number of ether oxygens (including phenoxy) is 2. The molecule has 1 unspecified atom stereocenters. The third kappa shape index (κ3) is 7.52. The molecule has 0 saturated carbocycles. The van der Waals surface area contributed by atoms with Gasteiger partial charge in [-0.3, -0.25) is 4.79 Å². The first-order valence-electron chi connectivity index (χ1n) is 12.8. The minimum Gasteiger partial charge on any atom is -0.450 e. The highest BCUT2D eigenvalue weighted by Gasteiger charge is 2.44. The third-order valence-corrected chi connectivity index (χ3v) is 5.86. The fourth-order valence-corrected chi connectivity index (χ4v) is 3.80. The van der Waals surface area contributed by atoms with E-state index < -0.39 is 5.79 Å². The summed E-state index contributed by atoms with van der Waals surface area (Å²) in [5.41, 5.74) is 2.89. The molecule has 0 aliphatic heterocycles. The van der Waals surface area contributed by atoms with Crippen LogP contribution < -0.4 is 9.62 Å². The van der Waals surface area contributed by atoms with Gasteiger partial charge >= 0.3 is 5.79 Å². The van der Waals surface area contributed by atoms with Crippen molar-refractivity contribution < 1.29 is 33.8 Å². The molecule has 0 saturated heterocycles. The molecule has 202 valence electrons. The third-order valence-electron chi connectivity index (χ3n) is 5.86. The number of Topliss-reactive ketones (excluding diaryl/α,β-unsaturated/α-hetero) is 1. The summed E-state index contributed by atoms with van der Waals surface area (Å²) < 4.78 is 12.1. The van der Waals surface area contributed by atoms with Gasteiger partial charge in [0.15, 0.2) is 5.75 Å². The quantitative estimate of drug-likeness (QED) is 0.0551. The van der Waals surface area contributed by atoms with Crippen LogP contribution in [0, 0.1) is 0 Å². The van der Waals surface area contributed by atoms with E-state index in [2.05, 4.69) is 0 Å². The molecule has 0 heterocycles. The lowest BCUT2D eigenvalue weighted by molar-refractivity contribution is -0.303. The highest BCUT2D eigenvalue weighted by Crippen LogP contribution is 2.33. The summed E-state index contributed by atoms with van der Waals surface area (Å²) in [6.07, 6.45) is 0.898. The molecule has 0 aliphatic rings. The smallest absolute Gasteiger partial charge is 0.302 e. The van der Waals surface area contributed by atoms with Crippen LogP contribution in [0.2, 0.25) is 0 Å². The fraction of sp³-hybridized carbons (Fsp3) is 0.219. The van der Waals surface area contributed by atoms with E-state index in [0.29, 0.717) is 35.8 Å². The van der Waals surface area contributed by atoms with Crippen LogP contribution in [0.4, 0.5) is 0 Å². The van der Waals surface area contributed by atoms with Crippen molar-refractivity contribution in [1.82, 2.24) is 0 Å². The molecule has 0 aromatic heterocycles. The largest absolute Gasteiger partial charge is 0.450 e. The lowest BCUT2D eigenvalue weighted by Gasteiger charge is -2.32. The Labute approximate surface area is 228 Å². The number of methoxy groups -OCH3 is 1. The zero-order valence-electron chi connectivity index (χ0n) is 22.1. The lowest BCUT2D eigenvalue weighted by Crippen LogP contribution is -2.43. The minimum atomic E-state index is -1.65. The van der Waals surface area contributed by atoms with Crippen LogP contribution in [0.5, 0.6) is 11.5 Å². The Morgan fingerprint density at radius 3 is 1.82 bits per heavy atom. The van der Waals surface area contributed by atoms with Crippen molar-refractivity contribution in [3.05, 3.63) is 131 Å². The molecule has 4 rings (SSSR count). The molecule has 0 amide bonds.